The molecule has 2 aromatic carbocycles. The van der Waals surface area contributed by atoms with Gasteiger partial charge in [0.05, 0.1) is 17.9 Å². The van der Waals surface area contributed by atoms with Gasteiger partial charge in [-0.25, -0.2) is 0 Å². The zero-order valence-electron chi connectivity index (χ0n) is 16.6. The number of rotatable bonds is 4. The number of benzene rings is 2. The van der Waals surface area contributed by atoms with E-state index in [0.29, 0.717) is 11.6 Å². The van der Waals surface area contributed by atoms with E-state index in [2.05, 4.69) is 10.2 Å². The first-order valence-corrected chi connectivity index (χ1v) is 11.7. The molecule has 30 heavy (non-hydrogen) atoms. The maximum atomic E-state index is 13.4. The van der Waals surface area contributed by atoms with Crippen molar-refractivity contribution in [3.05, 3.63) is 47.5 Å². The number of nitrogens with one attached hydrogen (secondary N) is 1. The highest BCUT2D eigenvalue weighted by Gasteiger charge is 2.33. The second-order valence-electron chi connectivity index (χ2n) is 8.24. The monoisotopic (exact) mass is 441 g/mol. The second kappa shape index (κ2) is 8.25. The third-order valence-electron chi connectivity index (χ3n) is 5.98. The Bertz CT molecular complexity index is 986. The summed E-state index contributed by atoms with van der Waals surface area (Å²) in [6.45, 7) is 1.98. The summed E-state index contributed by atoms with van der Waals surface area (Å²) in [6, 6.07) is 13.9. The molecule has 1 N–H and O–H groups in total. The number of likely N-dealkylation sites (tertiary alicyclic amines) is 1. The molecule has 0 unspecified atom stereocenters. The highest BCUT2D eigenvalue weighted by Crippen LogP contribution is 2.48. The van der Waals surface area contributed by atoms with Crippen LogP contribution < -0.4 is 10.2 Å². The molecule has 0 radical (unpaired) electrons. The van der Waals surface area contributed by atoms with E-state index in [0.717, 1.165) is 59.9 Å². The minimum Gasteiger partial charge on any atom is -0.353 e. The van der Waals surface area contributed by atoms with Gasteiger partial charge in [0.25, 0.3) is 0 Å². The normalized spacial score (nSPS) is 19.2. The van der Waals surface area contributed by atoms with Gasteiger partial charge in [0, 0.05) is 39.9 Å². The molecule has 5 nitrogen and oxygen atoms in total. The van der Waals surface area contributed by atoms with Gasteiger partial charge in [-0.1, -0.05) is 35.5 Å². The molecule has 2 aliphatic heterocycles. The Morgan fingerprint density at radius 3 is 2.50 bits per heavy atom. The zero-order valence-corrected chi connectivity index (χ0v) is 18.2. The molecule has 7 heteroatoms. The van der Waals surface area contributed by atoms with Gasteiger partial charge >= 0.3 is 0 Å². The Morgan fingerprint density at radius 2 is 1.73 bits per heavy atom. The lowest BCUT2D eigenvalue weighted by Crippen LogP contribution is -2.48. The summed E-state index contributed by atoms with van der Waals surface area (Å²) in [6.07, 6.45) is 3.84. The molecule has 0 aromatic heterocycles. The van der Waals surface area contributed by atoms with Crippen LogP contribution in [0.3, 0.4) is 0 Å². The second-order valence-corrected chi connectivity index (χ2v) is 9.76. The van der Waals surface area contributed by atoms with Crippen molar-refractivity contribution in [2.75, 3.05) is 24.5 Å². The topological polar surface area (TPSA) is 52.7 Å². The van der Waals surface area contributed by atoms with E-state index in [1.54, 1.807) is 11.8 Å². The molecule has 0 atom stereocenters. The van der Waals surface area contributed by atoms with E-state index in [4.69, 9.17) is 11.6 Å². The van der Waals surface area contributed by atoms with E-state index >= 15 is 0 Å². The molecule has 0 bridgehead atoms. The summed E-state index contributed by atoms with van der Waals surface area (Å²) in [5, 5.41) is 3.80. The van der Waals surface area contributed by atoms with Crippen molar-refractivity contribution in [3.63, 3.8) is 0 Å². The average Bonchev–Trinajstić information content (AvgIpc) is 3.59. The smallest absolute Gasteiger partial charge is 0.245 e. The molecule has 0 spiro atoms. The Morgan fingerprint density at radius 1 is 1.00 bits per heavy atom. The molecule has 2 amide bonds. The first-order valence-electron chi connectivity index (χ1n) is 10.5. The molecule has 2 heterocycles. The third kappa shape index (κ3) is 4.09. The van der Waals surface area contributed by atoms with Crippen LogP contribution in [0.15, 0.2) is 52.3 Å². The molecule has 5 rings (SSSR count). The van der Waals surface area contributed by atoms with Crippen LogP contribution in [0.1, 0.15) is 25.7 Å². The standard InChI is InChI=1S/C23H24ClN3O2S/c24-16-7-8-21-19(13-16)27(18-3-1-2-4-20(18)30-21)22(28)14-26-11-9-17(10-12-26)25-23(29)15-5-6-15/h1-4,7-8,13,15,17H,5-6,9-12,14H2,(H,25,29). The lowest BCUT2D eigenvalue weighted by Gasteiger charge is -2.35. The van der Waals surface area contributed by atoms with Crippen LogP contribution in [0.4, 0.5) is 11.4 Å². The van der Waals surface area contributed by atoms with Crippen molar-refractivity contribution >= 4 is 46.6 Å². The SMILES string of the molecule is O=C(NC1CCN(CC(=O)N2c3ccccc3Sc3ccc(Cl)cc32)CC1)C1CC1. The van der Waals surface area contributed by atoms with Gasteiger partial charge in [-0.15, -0.1) is 0 Å². The largest absolute Gasteiger partial charge is 0.353 e. The minimum absolute atomic E-state index is 0.0479. The Hall–Kier alpha value is -2.02. The van der Waals surface area contributed by atoms with Crippen LogP contribution in [0.5, 0.6) is 0 Å². The highest BCUT2D eigenvalue weighted by atomic mass is 35.5. The van der Waals surface area contributed by atoms with Crippen LogP contribution in [0.25, 0.3) is 0 Å². The van der Waals surface area contributed by atoms with Crippen molar-refractivity contribution in [2.24, 2.45) is 5.92 Å². The molecule has 1 aliphatic carbocycles. The lowest BCUT2D eigenvalue weighted by atomic mass is 10.0. The van der Waals surface area contributed by atoms with Gasteiger partial charge in [-0.3, -0.25) is 19.4 Å². The predicted octanol–water partition coefficient (Wildman–Crippen LogP) is 4.46. The number of para-hydroxylation sites is 1. The fourth-order valence-corrected chi connectivity index (χ4v) is 5.36. The lowest BCUT2D eigenvalue weighted by molar-refractivity contribution is -0.124. The summed E-state index contributed by atoms with van der Waals surface area (Å²) in [5.41, 5.74) is 1.76. The summed E-state index contributed by atoms with van der Waals surface area (Å²) >= 11 is 7.92. The van der Waals surface area contributed by atoms with Gasteiger partial charge in [0.1, 0.15) is 0 Å². The predicted molar refractivity (Wildman–Crippen MR) is 119 cm³/mol. The number of hydrogen-bond acceptors (Lipinski definition) is 4. The molecule has 1 saturated heterocycles. The van der Waals surface area contributed by atoms with Crippen LogP contribution in [0, 0.1) is 5.92 Å². The maximum Gasteiger partial charge on any atom is 0.245 e. The van der Waals surface area contributed by atoms with Crippen molar-refractivity contribution in [3.8, 4) is 0 Å². The van der Waals surface area contributed by atoms with Crippen LogP contribution in [0.2, 0.25) is 5.02 Å². The van der Waals surface area contributed by atoms with E-state index in [1.165, 1.54) is 0 Å². The summed E-state index contributed by atoms with van der Waals surface area (Å²) < 4.78 is 0. The van der Waals surface area contributed by atoms with Crippen molar-refractivity contribution in [1.29, 1.82) is 0 Å². The molecule has 2 fully saturated rings. The van der Waals surface area contributed by atoms with Crippen molar-refractivity contribution in [1.82, 2.24) is 10.2 Å². The summed E-state index contributed by atoms with van der Waals surface area (Å²) in [7, 11) is 0. The number of piperidine rings is 1. The zero-order chi connectivity index (χ0) is 20.7. The molecule has 156 valence electrons. The number of nitrogens with zero attached hydrogens (tertiary/aromatic N) is 2. The fourth-order valence-electron chi connectivity index (χ4n) is 4.16. The van der Waals surface area contributed by atoms with Gasteiger partial charge in [0.2, 0.25) is 11.8 Å². The number of carbonyl (C=O) groups excluding carboxylic acids is 2. The van der Waals surface area contributed by atoms with E-state index in [9.17, 15) is 9.59 Å². The molecular formula is C23H24ClN3O2S. The van der Waals surface area contributed by atoms with Gasteiger partial charge in [0.15, 0.2) is 0 Å². The van der Waals surface area contributed by atoms with E-state index in [-0.39, 0.29) is 23.8 Å². The fraction of sp³-hybridized carbons (Fsp3) is 0.391. The van der Waals surface area contributed by atoms with Gasteiger partial charge in [-0.2, -0.15) is 0 Å². The summed E-state index contributed by atoms with van der Waals surface area (Å²) in [4.78, 5) is 31.5. The first kappa shape index (κ1) is 19.9. The molecular weight excluding hydrogens is 418 g/mol. The first-order chi connectivity index (χ1) is 14.6. The van der Waals surface area contributed by atoms with E-state index in [1.807, 2.05) is 47.4 Å². The molecule has 2 aromatic rings. The van der Waals surface area contributed by atoms with Gasteiger partial charge < -0.3 is 5.32 Å². The number of amides is 2. The highest BCUT2D eigenvalue weighted by molar-refractivity contribution is 7.99. The Labute approximate surface area is 185 Å². The number of hydrogen-bond donors (Lipinski definition) is 1. The quantitative estimate of drug-likeness (QED) is 0.761. The average molecular weight is 442 g/mol. The maximum absolute atomic E-state index is 13.4. The number of carbonyl (C=O) groups is 2. The van der Waals surface area contributed by atoms with Crippen molar-refractivity contribution in [2.45, 2.75) is 41.5 Å². The minimum atomic E-state index is 0.0479. The van der Waals surface area contributed by atoms with E-state index < -0.39 is 0 Å². The number of anilines is 2. The Kier molecular flexibility index (Phi) is 5.48. The third-order valence-corrected chi connectivity index (χ3v) is 7.34. The van der Waals surface area contributed by atoms with Gasteiger partial charge in [-0.05, 0) is 56.0 Å². The van der Waals surface area contributed by atoms with Crippen LogP contribution >= 0.6 is 23.4 Å². The van der Waals surface area contributed by atoms with Crippen molar-refractivity contribution < 1.29 is 9.59 Å². The van der Waals surface area contributed by atoms with Crippen LogP contribution in [-0.2, 0) is 9.59 Å². The Balaban J connectivity index is 1.28. The molecule has 1 saturated carbocycles. The molecule has 3 aliphatic rings. The summed E-state index contributed by atoms with van der Waals surface area (Å²) in [5.74, 6) is 0.501. The number of halogens is 1. The van der Waals surface area contributed by atoms with Crippen LogP contribution in [-0.4, -0.2) is 42.4 Å². The number of fused-ring (bicyclic) bond motifs is 2.